The largest absolute Gasteiger partial charge is 0.491 e. The van der Waals surface area contributed by atoms with E-state index >= 15 is 0 Å². The van der Waals surface area contributed by atoms with Crippen LogP contribution in [-0.4, -0.2) is 40.4 Å². The summed E-state index contributed by atoms with van der Waals surface area (Å²) in [5.41, 5.74) is 4.09. The van der Waals surface area contributed by atoms with Gasteiger partial charge in [0, 0.05) is 31.5 Å². The van der Waals surface area contributed by atoms with Gasteiger partial charge in [0.05, 0.1) is 0 Å². The van der Waals surface area contributed by atoms with E-state index in [1.807, 2.05) is 30.3 Å². The van der Waals surface area contributed by atoms with Gasteiger partial charge in [0.1, 0.15) is 18.5 Å². The van der Waals surface area contributed by atoms with Gasteiger partial charge in [-0.3, -0.25) is 4.90 Å². The van der Waals surface area contributed by atoms with Crippen LogP contribution >= 0.6 is 0 Å². The van der Waals surface area contributed by atoms with Crippen LogP contribution in [-0.2, 0) is 18.5 Å². The molecule has 1 aromatic heterocycles. The third-order valence-electron chi connectivity index (χ3n) is 6.16. The van der Waals surface area contributed by atoms with Gasteiger partial charge >= 0.3 is 0 Å². The van der Waals surface area contributed by atoms with Crippen LogP contribution in [0.3, 0.4) is 0 Å². The number of aliphatic hydroxyl groups excluding tert-OH is 1. The van der Waals surface area contributed by atoms with E-state index in [0.717, 1.165) is 31.8 Å². The normalized spacial score (nSPS) is 12.9. The van der Waals surface area contributed by atoms with Gasteiger partial charge in [0.15, 0.2) is 0 Å². The Balaban J connectivity index is 1.63. The van der Waals surface area contributed by atoms with E-state index < -0.39 is 6.10 Å². The number of para-hydroxylation sites is 1. The zero-order valence-electron chi connectivity index (χ0n) is 21.6. The molecule has 4 nitrogen and oxygen atoms in total. The van der Waals surface area contributed by atoms with Crippen molar-refractivity contribution in [2.75, 3.05) is 19.7 Å². The lowest BCUT2D eigenvalue weighted by Gasteiger charge is -2.26. The van der Waals surface area contributed by atoms with Crippen molar-refractivity contribution in [3.63, 3.8) is 0 Å². The second-order valence-electron chi connectivity index (χ2n) is 10.8. The molecule has 0 bridgehead atoms. The Hall–Kier alpha value is -2.56. The molecule has 4 heteroatoms. The molecular weight excluding hydrogens is 420 g/mol. The van der Waals surface area contributed by atoms with Gasteiger partial charge < -0.3 is 14.4 Å². The molecule has 184 valence electrons. The molecule has 34 heavy (non-hydrogen) atoms. The minimum atomic E-state index is -0.541. The molecule has 0 fully saturated rings. The lowest BCUT2D eigenvalue weighted by atomic mass is 9.87. The summed E-state index contributed by atoms with van der Waals surface area (Å²) in [6, 6.07) is 23.0. The summed E-state index contributed by atoms with van der Waals surface area (Å²) in [6.07, 6.45) is 2.71. The Labute approximate surface area is 206 Å². The average Bonchev–Trinajstić information content (AvgIpc) is 3.23. The number of benzene rings is 2. The number of rotatable bonds is 12. The van der Waals surface area contributed by atoms with Crippen molar-refractivity contribution in [1.29, 1.82) is 0 Å². The summed E-state index contributed by atoms with van der Waals surface area (Å²) in [6.45, 7) is 14.7. The molecule has 3 rings (SSSR count). The molecule has 0 aliphatic carbocycles. The SMILES string of the molecule is CC(C)CCN(Cc1cccn1Cc1ccc(C(C)(C)C)cc1)CC(O)COc1ccccc1. The molecule has 1 unspecified atom stereocenters. The van der Waals surface area contributed by atoms with E-state index in [2.05, 4.69) is 86.7 Å². The fourth-order valence-corrected chi connectivity index (χ4v) is 4.02. The van der Waals surface area contributed by atoms with Crippen molar-refractivity contribution in [3.8, 4) is 5.75 Å². The standard InChI is InChI=1S/C30H42N2O2/c1-24(2)17-19-31(22-28(33)23-34-29-11-7-6-8-12-29)21-27-10-9-18-32(27)20-25-13-15-26(16-14-25)30(3,4)5/h6-16,18,24,28,33H,17,19-23H2,1-5H3. The molecule has 2 aromatic carbocycles. The van der Waals surface area contributed by atoms with Crippen LogP contribution in [0.2, 0.25) is 0 Å². The molecule has 1 N–H and O–H groups in total. The Morgan fingerprint density at radius 3 is 2.29 bits per heavy atom. The Bertz CT molecular complexity index is 971. The van der Waals surface area contributed by atoms with Crippen LogP contribution in [0.25, 0.3) is 0 Å². The highest BCUT2D eigenvalue weighted by Gasteiger charge is 2.16. The number of hydrogen-bond donors (Lipinski definition) is 1. The van der Waals surface area contributed by atoms with Crippen LogP contribution in [0.5, 0.6) is 5.75 Å². The smallest absolute Gasteiger partial charge is 0.119 e. The van der Waals surface area contributed by atoms with Crippen LogP contribution < -0.4 is 4.74 Å². The first kappa shape index (κ1) is 26.1. The lowest BCUT2D eigenvalue weighted by molar-refractivity contribution is 0.0632. The molecule has 0 aliphatic heterocycles. The molecule has 0 saturated carbocycles. The second-order valence-corrected chi connectivity index (χ2v) is 10.8. The molecule has 0 amide bonds. The first-order valence-corrected chi connectivity index (χ1v) is 12.5. The third-order valence-corrected chi connectivity index (χ3v) is 6.16. The number of hydrogen-bond acceptors (Lipinski definition) is 3. The maximum absolute atomic E-state index is 10.7. The predicted octanol–water partition coefficient (Wildman–Crippen LogP) is 6.12. The van der Waals surface area contributed by atoms with E-state index in [4.69, 9.17) is 4.74 Å². The average molecular weight is 463 g/mol. The van der Waals surface area contributed by atoms with Crippen LogP contribution in [0.1, 0.15) is 57.9 Å². The third kappa shape index (κ3) is 8.34. The number of nitrogens with zero attached hydrogens (tertiary/aromatic N) is 2. The van der Waals surface area contributed by atoms with Crippen LogP contribution in [0.4, 0.5) is 0 Å². The zero-order chi connectivity index (χ0) is 24.6. The lowest BCUT2D eigenvalue weighted by Crippen LogP contribution is -2.36. The number of aliphatic hydroxyl groups is 1. The highest BCUT2D eigenvalue weighted by Crippen LogP contribution is 2.23. The summed E-state index contributed by atoms with van der Waals surface area (Å²) in [4.78, 5) is 2.35. The fraction of sp³-hybridized carbons (Fsp3) is 0.467. The topological polar surface area (TPSA) is 37.6 Å². The van der Waals surface area contributed by atoms with Crippen molar-refractivity contribution >= 4 is 0 Å². The summed E-state index contributed by atoms with van der Waals surface area (Å²) < 4.78 is 8.10. The van der Waals surface area contributed by atoms with E-state index in [0.29, 0.717) is 19.1 Å². The first-order chi connectivity index (χ1) is 16.2. The predicted molar refractivity (Wildman–Crippen MR) is 141 cm³/mol. The van der Waals surface area contributed by atoms with Crippen molar-refractivity contribution in [3.05, 3.63) is 89.7 Å². The van der Waals surface area contributed by atoms with Gasteiger partial charge in [0.2, 0.25) is 0 Å². The van der Waals surface area contributed by atoms with Crippen molar-refractivity contribution < 1.29 is 9.84 Å². The number of aromatic nitrogens is 1. The van der Waals surface area contributed by atoms with E-state index in [1.54, 1.807) is 0 Å². The van der Waals surface area contributed by atoms with E-state index in [-0.39, 0.29) is 5.41 Å². The van der Waals surface area contributed by atoms with Crippen LogP contribution in [0, 0.1) is 5.92 Å². The van der Waals surface area contributed by atoms with E-state index in [9.17, 15) is 5.11 Å². The quantitative estimate of drug-likeness (QED) is 0.352. The summed E-state index contributed by atoms with van der Waals surface area (Å²) >= 11 is 0. The Morgan fingerprint density at radius 2 is 1.65 bits per heavy atom. The van der Waals surface area contributed by atoms with Gasteiger partial charge in [-0.05, 0) is 59.7 Å². The molecule has 0 aliphatic rings. The number of ether oxygens (including phenoxy) is 1. The van der Waals surface area contributed by atoms with Crippen molar-refractivity contribution in [2.45, 2.75) is 65.6 Å². The van der Waals surface area contributed by atoms with Gasteiger partial charge in [0.25, 0.3) is 0 Å². The van der Waals surface area contributed by atoms with Gasteiger partial charge in [-0.2, -0.15) is 0 Å². The summed E-state index contributed by atoms with van der Waals surface area (Å²) in [5, 5.41) is 10.7. The maximum atomic E-state index is 10.7. The molecule has 0 saturated heterocycles. The maximum Gasteiger partial charge on any atom is 0.119 e. The van der Waals surface area contributed by atoms with E-state index in [1.165, 1.54) is 16.8 Å². The summed E-state index contributed by atoms with van der Waals surface area (Å²) in [7, 11) is 0. The molecular formula is C30H42N2O2. The highest BCUT2D eigenvalue weighted by atomic mass is 16.5. The molecule has 0 spiro atoms. The Morgan fingerprint density at radius 1 is 0.941 bits per heavy atom. The van der Waals surface area contributed by atoms with Crippen LogP contribution in [0.15, 0.2) is 72.9 Å². The Kier molecular flexibility index (Phi) is 9.37. The van der Waals surface area contributed by atoms with Gasteiger partial charge in [-0.25, -0.2) is 0 Å². The minimum absolute atomic E-state index is 0.166. The van der Waals surface area contributed by atoms with Gasteiger partial charge in [-0.15, -0.1) is 0 Å². The molecule has 0 radical (unpaired) electrons. The monoisotopic (exact) mass is 462 g/mol. The molecule has 1 atom stereocenters. The van der Waals surface area contributed by atoms with Gasteiger partial charge in [-0.1, -0.05) is 77.1 Å². The van der Waals surface area contributed by atoms with Crippen molar-refractivity contribution in [1.82, 2.24) is 9.47 Å². The molecule has 3 aromatic rings. The second kappa shape index (κ2) is 12.2. The molecule has 1 heterocycles. The zero-order valence-corrected chi connectivity index (χ0v) is 21.6. The highest BCUT2D eigenvalue weighted by molar-refractivity contribution is 5.28. The minimum Gasteiger partial charge on any atom is -0.491 e. The fourth-order valence-electron chi connectivity index (χ4n) is 4.02. The first-order valence-electron chi connectivity index (χ1n) is 12.5. The summed E-state index contributed by atoms with van der Waals surface area (Å²) in [5.74, 6) is 1.41. The van der Waals surface area contributed by atoms with Crippen molar-refractivity contribution in [2.24, 2.45) is 5.92 Å².